The lowest BCUT2D eigenvalue weighted by Gasteiger charge is -2.03. The summed E-state index contributed by atoms with van der Waals surface area (Å²) in [5.41, 5.74) is 0. The number of carboxylic acid groups (broad SMARTS) is 1. The van der Waals surface area contributed by atoms with Crippen molar-refractivity contribution in [2.24, 2.45) is 0 Å². The first-order valence-corrected chi connectivity index (χ1v) is 4.72. The van der Waals surface area contributed by atoms with Crippen molar-refractivity contribution in [3.05, 3.63) is 60.7 Å². The van der Waals surface area contributed by atoms with Gasteiger partial charge in [-0.1, -0.05) is 36.4 Å². The van der Waals surface area contributed by atoms with Gasteiger partial charge in [0.2, 0.25) is 0 Å². The highest BCUT2D eigenvalue weighted by Crippen LogP contribution is 2.19. The Morgan fingerprint density at radius 3 is 1.44 bits per heavy atom. The zero-order chi connectivity index (χ0) is 11.6. The predicted octanol–water partition coefficient (Wildman–Crippen LogP) is 3.18. The molecule has 0 aromatic heterocycles. The molecule has 82 valence electrons. The van der Waals surface area contributed by atoms with Crippen LogP contribution in [0.15, 0.2) is 60.7 Å². The molecule has 2 aromatic carbocycles. The first-order chi connectivity index (χ1) is 7.86. The van der Waals surface area contributed by atoms with Crippen LogP contribution in [-0.4, -0.2) is 11.6 Å². The van der Waals surface area contributed by atoms with Crippen LogP contribution in [0.5, 0.6) is 11.5 Å². The maximum Gasteiger partial charge on any atom is 0.290 e. The first-order valence-electron chi connectivity index (χ1n) is 4.72. The minimum absolute atomic E-state index is 0.250. The number of hydrogen-bond acceptors (Lipinski definition) is 2. The normalized spacial score (nSPS) is 8.50. The van der Waals surface area contributed by atoms with E-state index >= 15 is 0 Å². The van der Waals surface area contributed by atoms with Gasteiger partial charge in [-0.25, -0.2) is 0 Å². The molecule has 0 aliphatic rings. The number of benzene rings is 2. The molecular weight excluding hydrogens is 204 g/mol. The van der Waals surface area contributed by atoms with Crippen molar-refractivity contribution in [2.75, 3.05) is 0 Å². The van der Waals surface area contributed by atoms with Crippen molar-refractivity contribution >= 4 is 6.47 Å². The Labute approximate surface area is 93.9 Å². The van der Waals surface area contributed by atoms with Crippen molar-refractivity contribution in [2.45, 2.75) is 0 Å². The molecule has 0 unspecified atom stereocenters. The van der Waals surface area contributed by atoms with Gasteiger partial charge in [0.25, 0.3) is 6.47 Å². The van der Waals surface area contributed by atoms with E-state index < -0.39 is 0 Å². The number of hydrogen-bond donors (Lipinski definition) is 1. The van der Waals surface area contributed by atoms with E-state index in [0.717, 1.165) is 11.5 Å². The minimum atomic E-state index is -0.250. The molecule has 16 heavy (non-hydrogen) atoms. The van der Waals surface area contributed by atoms with Crippen LogP contribution < -0.4 is 4.74 Å². The second-order valence-corrected chi connectivity index (χ2v) is 2.83. The highest BCUT2D eigenvalue weighted by atomic mass is 16.5. The van der Waals surface area contributed by atoms with Crippen molar-refractivity contribution in [3.8, 4) is 11.5 Å². The van der Waals surface area contributed by atoms with E-state index in [1.54, 1.807) is 0 Å². The lowest BCUT2D eigenvalue weighted by atomic mass is 10.3. The molecule has 0 bridgehead atoms. The minimum Gasteiger partial charge on any atom is -0.483 e. The molecular formula is C13H12O3. The van der Waals surface area contributed by atoms with Gasteiger partial charge in [0.15, 0.2) is 0 Å². The van der Waals surface area contributed by atoms with E-state index in [2.05, 4.69) is 0 Å². The summed E-state index contributed by atoms with van der Waals surface area (Å²) in [5, 5.41) is 6.89. The van der Waals surface area contributed by atoms with Crippen LogP contribution >= 0.6 is 0 Å². The molecule has 2 aromatic rings. The maximum atomic E-state index is 8.36. The molecule has 3 nitrogen and oxygen atoms in total. The molecule has 0 spiro atoms. The molecule has 0 aliphatic carbocycles. The predicted molar refractivity (Wildman–Crippen MR) is 61.7 cm³/mol. The van der Waals surface area contributed by atoms with Crippen LogP contribution in [-0.2, 0) is 4.79 Å². The van der Waals surface area contributed by atoms with Crippen molar-refractivity contribution < 1.29 is 14.6 Å². The zero-order valence-corrected chi connectivity index (χ0v) is 8.61. The quantitative estimate of drug-likeness (QED) is 0.784. The van der Waals surface area contributed by atoms with Gasteiger partial charge in [0.1, 0.15) is 11.5 Å². The van der Waals surface area contributed by atoms with Crippen LogP contribution in [0.25, 0.3) is 0 Å². The van der Waals surface area contributed by atoms with Crippen LogP contribution in [0.2, 0.25) is 0 Å². The van der Waals surface area contributed by atoms with Gasteiger partial charge < -0.3 is 9.84 Å². The van der Waals surface area contributed by atoms with E-state index in [9.17, 15) is 0 Å². The Morgan fingerprint density at radius 1 is 0.812 bits per heavy atom. The molecule has 0 amide bonds. The topological polar surface area (TPSA) is 46.5 Å². The van der Waals surface area contributed by atoms with Crippen LogP contribution in [0.1, 0.15) is 0 Å². The lowest BCUT2D eigenvalue weighted by molar-refractivity contribution is -0.122. The molecule has 0 atom stereocenters. The van der Waals surface area contributed by atoms with E-state index in [4.69, 9.17) is 14.6 Å². The van der Waals surface area contributed by atoms with Gasteiger partial charge in [-0.3, -0.25) is 4.79 Å². The molecule has 3 heteroatoms. The summed E-state index contributed by atoms with van der Waals surface area (Å²) in [7, 11) is 0. The summed E-state index contributed by atoms with van der Waals surface area (Å²) in [4.78, 5) is 8.36. The highest BCUT2D eigenvalue weighted by molar-refractivity contribution is 5.32. The van der Waals surface area contributed by atoms with Crippen molar-refractivity contribution in [3.63, 3.8) is 0 Å². The Kier molecular flexibility index (Phi) is 5.20. The van der Waals surface area contributed by atoms with E-state index in [0.29, 0.717) is 0 Å². The number of rotatable bonds is 2. The first kappa shape index (κ1) is 11.8. The molecule has 0 aliphatic heterocycles. The Balaban J connectivity index is 0.000000386. The summed E-state index contributed by atoms with van der Waals surface area (Å²) in [5.74, 6) is 1.74. The molecule has 0 radical (unpaired) electrons. The van der Waals surface area contributed by atoms with Crippen LogP contribution in [0.4, 0.5) is 0 Å². The molecule has 0 saturated carbocycles. The molecule has 1 N–H and O–H groups in total. The Hall–Kier alpha value is -2.29. The molecule has 0 heterocycles. The van der Waals surface area contributed by atoms with Crippen LogP contribution in [0.3, 0.4) is 0 Å². The SMILES string of the molecule is O=CO.c1ccc(Oc2ccccc2)cc1. The monoisotopic (exact) mass is 216 g/mol. The number of carbonyl (C=O) groups is 1. The van der Waals surface area contributed by atoms with Crippen molar-refractivity contribution in [1.29, 1.82) is 0 Å². The van der Waals surface area contributed by atoms with Gasteiger partial charge in [-0.05, 0) is 24.3 Å². The van der Waals surface area contributed by atoms with Gasteiger partial charge in [-0.15, -0.1) is 0 Å². The third-order valence-electron chi connectivity index (χ3n) is 1.72. The fourth-order valence-corrected chi connectivity index (χ4v) is 1.11. The van der Waals surface area contributed by atoms with E-state index in [-0.39, 0.29) is 6.47 Å². The summed E-state index contributed by atoms with van der Waals surface area (Å²) in [6, 6.07) is 19.5. The lowest BCUT2D eigenvalue weighted by Crippen LogP contribution is -1.81. The van der Waals surface area contributed by atoms with Crippen LogP contribution in [0, 0.1) is 0 Å². The molecule has 0 saturated heterocycles. The second kappa shape index (κ2) is 7.06. The third-order valence-corrected chi connectivity index (χ3v) is 1.72. The highest BCUT2D eigenvalue weighted by Gasteiger charge is 1.92. The van der Waals surface area contributed by atoms with E-state index in [1.165, 1.54) is 0 Å². The van der Waals surface area contributed by atoms with E-state index in [1.807, 2.05) is 60.7 Å². The van der Waals surface area contributed by atoms with Gasteiger partial charge >= 0.3 is 0 Å². The average molecular weight is 216 g/mol. The summed E-state index contributed by atoms with van der Waals surface area (Å²) in [6.45, 7) is -0.250. The zero-order valence-electron chi connectivity index (χ0n) is 8.61. The fourth-order valence-electron chi connectivity index (χ4n) is 1.11. The fraction of sp³-hybridized carbons (Fsp3) is 0. The molecule has 2 rings (SSSR count). The van der Waals surface area contributed by atoms with Gasteiger partial charge in [0, 0.05) is 0 Å². The van der Waals surface area contributed by atoms with Gasteiger partial charge in [0.05, 0.1) is 0 Å². The summed E-state index contributed by atoms with van der Waals surface area (Å²) >= 11 is 0. The standard InChI is InChI=1S/C12H10O.CH2O2/c1-3-7-11(8-4-1)13-12-9-5-2-6-10-12;2-1-3/h1-10H;1H,(H,2,3). The average Bonchev–Trinajstić information content (AvgIpc) is 2.33. The van der Waals surface area contributed by atoms with Gasteiger partial charge in [-0.2, -0.15) is 0 Å². The second-order valence-electron chi connectivity index (χ2n) is 2.83. The molecule has 0 fully saturated rings. The number of ether oxygens (including phenoxy) is 1. The van der Waals surface area contributed by atoms with Crippen molar-refractivity contribution in [1.82, 2.24) is 0 Å². The smallest absolute Gasteiger partial charge is 0.290 e. The number of para-hydroxylation sites is 2. The largest absolute Gasteiger partial charge is 0.483 e. The Morgan fingerprint density at radius 2 is 1.12 bits per heavy atom. The maximum absolute atomic E-state index is 8.36. The third kappa shape index (κ3) is 4.28. The summed E-state index contributed by atoms with van der Waals surface area (Å²) < 4.78 is 5.58. The summed E-state index contributed by atoms with van der Waals surface area (Å²) in [6.07, 6.45) is 0. The Bertz CT molecular complexity index is 361.